The Kier molecular flexibility index (Phi) is 3.68. The second-order valence-corrected chi connectivity index (χ2v) is 5.76. The molecule has 0 bridgehead atoms. The van der Waals surface area contributed by atoms with Gasteiger partial charge >= 0.3 is 0 Å². The quantitative estimate of drug-likeness (QED) is 0.711. The highest BCUT2D eigenvalue weighted by molar-refractivity contribution is 4.78. The Morgan fingerprint density at radius 2 is 1.93 bits per heavy atom. The predicted octanol–water partition coefficient (Wildman–Crippen LogP) is 2.17. The fourth-order valence-corrected chi connectivity index (χ4v) is 3.92. The summed E-state index contributed by atoms with van der Waals surface area (Å²) < 4.78 is 1.34. The lowest BCUT2D eigenvalue weighted by atomic mass is 9.79. The SMILES string of the molecule is C[N+]12CCCC[C@H]1[C@@H](CCCO)CCC2. The molecule has 0 aromatic rings. The van der Waals surface area contributed by atoms with E-state index in [0.717, 1.165) is 18.4 Å². The molecule has 2 saturated heterocycles. The third kappa shape index (κ3) is 2.36. The van der Waals surface area contributed by atoms with Crippen LogP contribution in [0.2, 0.25) is 0 Å². The molecule has 0 spiro atoms. The highest BCUT2D eigenvalue weighted by atomic mass is 16.2. The monoisotopic (exact) mass is 212 g/mol. The Bertz CT molecular complexity index is 203. The van der Waals surface area contributed by atoms with E-state index in [4.69, 9.17) is 5.11 Å². The van der Waals surface area contributed by atoms with E-state index < -0.39 is 0 Å². The molecule has 0 radical (unpaired) electrons. The largest absolute Gasteiger partial charge is 0.396 e. The van der Waals surface area contributed by atoms with Gasteiger partial charge in [-0.1, -0.05) is 0 Å². The number of quaternary nitrogens is 1. The van der Waals surface area contributed by atoms with Crippen molar-refractivity contribution in [1.82, 2.24) is 0 Å². The molecule has 88 valence electrons. The van der Waals surface area contributed by atoms with Crippen molar-refractivity contribution < 1.29 is 9.59 Å². The van der Waals surface area contributed by atoms with E-state index in [1.165, 1.54) is 56.1 Å². The van der Waals surface area contributed by atoms with Gasteiger partial charge in [0.2, 0.25) is 0 Å². The standard InChI is InChI=1S/C13H26NO/c1-14-9-3-2-8-13(14)12(6-4-10-14)7-5-11-15/h12-13,15H,2-11H2,1H3/q+1/t12-,13+,14?/m1/s1. The van der Waals surface area contributed by atoms with E-state index in [2.05, 4.69) is 7.05 Å². The summed E-state index contributed by atoms with van der Waals surface area (Å²) in [5.74, 6) is 0.899. The van der Waals surface area contributed by atoms with Gasteiger partial charge in [0.05, 0.1) is 26.2 Å². The summed E-state index contributed by atoms with van der Waals surface area (Å²) in [6.07, 6.45) is 9.40. The molecule has 2 heterocycles. The molecule has 2 aliphatic heterocycles. The number of hydrogen-bond donors (Lipinski definition) is 1. The average molecular weight is 212 g/mol. The van der Waals surface area contributed by atoms with Crippen molar-refractivity contribution in [3.05, 3.63) is 0 Å². The zero-order chi connectivity index (χ0) is 10.7. The molecule has 15 heavy (non-hydrogen) atoms. The number of piperidine rings is 2. The highest BCUT2D eigenvalue weighted by Gasteiger charge is 2.42. The predicted molar refractivity (Wildman–Crippen MR) is 62.6 cm³/mol. The van der Waals surface area contributed by atoms with Gasteiger partial charge in [0.15, 0.2) is 0 Å². The van der Waals surface area contributed by atoms with Crippen molar-refractivity contribution in [1.29, 1.82) is 0 Å². The average Bonchev–Trinajstić information content (AvgIpc) is 2.25. The summed E-state index contributed by atoms with van der Waals surface area (Å²) in [5.41, 5.74) is 0. The van der Waals surface area contributed by atoms with E-state index >= 15 is 0 Å². The number of rotatable bonds is 3. The summed E-state index contributed by atoms with van der Waals surface area (Å²) in [6.45, 7) is 3.19. The lowest BCUT2D eigenvalue weighted by molar-refractivity contribution is -0.947. The van der Waals surface area contributed by atoms with Gasteiger partial charge in [-0.3, -0.25) is 0 Å². The van der Waals surface area contributed by atoms with Crippen LogP contribution in [0.15, 0.2) is 0 Å². The van der Waals surface area contributed by atoms with Crippen molar-refractivity contribution in [2.45, 2.75) is 51.0 Å². The number of nitrogens with zero attached hydrogens (tertiary/aromatic N) is 1. The van der Waals surface area contributed by atoms with Crippen LogP contribution in [0.3, 0.4) is 0 Å². The van der Waals surface area contributed by atoms with E-state index in [9.17, 15) is 0 Å². The normalized spacial score (nSPS) is 41.2. The maximum Gasteiger partial charge on any atom is 0.0916 e. The number of aliphatic hydroxyl groups is 1. The van der Waals surface area contributed by atoms with Gasteiger partial charge < -0.3 is 9.59 Å². The van der Waals surface area contributed by atoms with Crippen LogP contribution in [0.25, 0.3) is 0 Å². The molecule has 1 unspecified atom stereocenters. The molecule has 2 rings (SSSR count). The van der Waals surface area contributed by atoms with E-state index in [1.54, 1.807) is 0 Å². The summed E-state index contributed by atoms with van der Waals surface area (Å²) >= 11 is 0. The minimum atomic E-state index is 0.382. The molecule has 0 aromatic carbocycles. The summed E-state index contributed by atoms with van der Waals surface area (Å²) in [6, 6.07) is 0.916. The van der Waals surface area contributed by atoms with Gasteiger partial charge in [0.1, 0.15) is 0 Å². The van der Waals surface area contributed by atoms with Gasteiger partial charge in [-0.2, -0.15) is 0 Å². The Balaban J connectivity index is 1.99. The first-order valence-corrected chi connectivity index (χ1v) is 6.71. The van der Waals surface area contributed by atoms with Gasteiger partial charge in [0.25, 0.3) is 0 Å². The summed E-state index contributed by atoms with van der Waals surface area (Å²) in [7, 11) is 2.47. The molecule has 2 nitrogen and oxygen atoms in total. The van der Waals surface area contributed by atoms with Crippen LogP contribution < -0.4 is 0 Å². The van der Waals surface area contributed by atoms with Crippen LogP contribution in [-0.4, -0.2) is 42.4 Å². The third-order valence-corrected chi connectivity index (χ3v) is 4.74. The molecule has 0 aliphatic carbocycles. The molecular weight excluding hydrogens is 186 g/mol. The second-order valence-electron chi connectivity index (χ2n) is 5.76. The van der Waals surface area contributed by atoms with Crippen molar-refractivity contribution in [3.63, 3.8) is 0 Å². The van der Waals surface area contributed by atoms with E-state index in [1.807, 2.05) is 0 Å². The smallest absolute Gasteiger partial charge is 0.0916 e. The molecule has 3 atom stereocenters. The van der Waals surface area contributed by atoms with Gasteiger partial charge in [-0.05, 0) is 44.9 Å². The number of aliphatic hydroxyl groups excluding tert-OH is 1. The topological polar surface area (TPSA) is 20.2 Å². The maximum absolute atomic E-state index is 8.95. The second kappa shape index (κ2) is 4.84. The lowest BCUT2D eigenvalue weighted by Gasteiger charge is -2.51. The van der Waals surface area contributed by atoms with Crippen molar-refractivity contribution in [2.75, 3.05) is 26.7 Å². The molecule has 2 fully saturated rings. The first-order valence-electron chi connectivity index (χ1n) is 6.71. The molecule has 1 N–H and O–H groups in total. The Hall–Kier alpha value is -0.0800. The van der Waals surface area contributed by atoms with Crippen molar-refractivity contribution >= 4 is 0 Å². The van der Waals surface area contributed by atoms with Crippen LogP contribution in [-0.2, 0) is 0 Å². The molecule has 0 amide bonds. The molecule has 2 aliphatic rings. The third-order valence-electron chi connectivity index (χ3n) is 4.74. The lowest BCUT2D eigenvalue weighted by Crippen LogP contribution is -2.60. The zero-order valence-corrected chi connectivity index (χ0v) is 10.1. The zero-order valence-electron chi connectivity index (χ0n) is 10.1. The Morgan fingerprint density at radius 1 is 1.13 bits per heavy atom. The first-order chi connectivity index (χ1) is 7.26. The molecule has 0 aromatic heterocycles. The van der Waals surface area contributed by atoms with Crippen molar-refractivity contribution in [2.24, 2.45) is 5.92 Å². The fourth-order valence-electron chi connectivity index (χ4n) is 3.92. The molecule has 2 heteroatoms. The minimum Gasteiger partial charge on any atom is -0.396 e. The maximum atomic E-state index is 8.95. The molecular formula is C13H26NO+. The Morgan fingerprint density at radius 3 is 2.73 bits per heavy atom. The van der Waals surface area contributed by atoms with Gasteiger partial charge in [0, 0.05) is 12.5 Å². The van der Waals surface area contributed by atoms with Crippen LogP contribution in [0.4, 0.5) is 0 Å². The summed E-state index contributed by atoms with van der Waals surface area (Å²) in [5, 5.41) is 8.95. The minimum absolute atomic E-state index is 0.382. The van der Waals surface area contributed by atoms with Gasteiger partial charge in [-0.25, -0.2) is 0 Å². The number of hydrogen-bond acceptors (Lipinski definition) is 1. The van der Waals surface area contributed by atoms with Crippen LogP contribution in [0, 0.1) is 5.92 Å². The number of fused-ring (bicyclic) bond motifs is 1. The Labute approximate surface area is 93.9 Å². The van der Waals surface area contributed by atoms with Crippen molar-refractivity contribution in [3.8, 4) is 0 Å². The van der Waals surface area contributed by atoms with Crippen LogP contribution in [0.5, 0.6) is 0 Å². The molecule has 0 saturated carbocycles. The van der Waals surface area contributed by atoms with E-state index in [-0.39, 0.29) is 0 Å². The van der Waals surface area contributed by atoms with Crippen LogP contribution >= 0.6 is 0 Å². The summed E-state index contributed by atoms with van der Waals surface area (Å²) in [4.78, 5) is 0. The van der Waals surface area contributed by atoms with E-state index in [0.29, 0.717) is 6.61 Å². The fraction of sp³-hybridized carbons (Fsp3) is 1.00. The van der Waals surface area contributed by atoms with Crippen LogP contribution in [0.1, 0.15) is 44.9 Å². The highest BCUT2D eigenvalue weighted by Crippen LogP contribution is 2.37. The van der Waals surface area contributed by atoms with Gasteiger partial charge in [-0.15, -0.1) is 0 Å². The first kappa shape index (κ1) is 11.4.